The second-order valence-corrected chi connectivity index (χ2v) is 6.97. The average Bonchev–Trinajstić information content (AvgIpc) is 2.75. The lowest BCUT2D eigenvalue weighted by molar-refractivity contribution is -0.117. The highest BCUT2D eigenvalue weighted by atomic mass is 16.2. The van der Waals surface area contributed by atoms with Gasteiger partial charge in [-0.05, 0) is 29.7 Å². The molecule has 0 aromatic heterocycles. The third kappa shape index (κ3) is 5.79. The number of nitrogens with one attached hydrogen (secondary N) is 2. The van der Waals surface area contributed by atoms with Crippen LogP contribution in [-0.2, 0) is 9.59 Å². The molecular weight excluding hydrogens is 360 g/mol. The summed E-state index contributed by atoms with van der Waals surface area (Å²) >= 11 is 0. The standard InChI is InChI=1S/C25H26N2O2/c1-2-11-24(28)26-22-16-9-10-17-23(22)27-25(29)18-21(19-12-5-3-6-13-19)20-14-7-4-8-15-20/h3-10,12-17,21H,2,11,18H2,1H3,(H,26,28)(H,27,29). The van der Waals surface area contributed by atoms with Gasteiger partial charge in [0.05, 0.1) is 11.4 Å². The van der Waals surface area contributed by atoms with Crippen LogP contribution in [0.3, 0.4) is 0 Å². The maximum atomic E-state index is 12.9. The van der Waals surface area contributed by atoms with Gasteiger partial charge in [0.15, 0.2) is 0 Å². The molecule has 4 nitrogen and oxygen atoms in total. The molecule has 0 fully saturated rings. The third-order valence-electron chi connectivity index (χ3n) is 4.75. The van der Waals surface area contributed by atoms with Gasteiger partial charge < -0.3 is 10.6 Å². The topological polar surface area (TPSA) is 58.2 Å². The van der Waals surface area contributed by atoms with Crippen LogP contribution < -0.4 is 10.6 Å². The predicted octanol–water partition coefficient (Wildman–Crippen LogP) is 5.59. The molecule has 0 aliphatic carbocycles. The molecule has 2 amide bonds. The maximum absolute atomic E-state index is 12.9. The van der Waals surface area contributed by atoms with Crippen molar-refractivity contribution >= 4 is 23.2 Å². The van der Waals surface area contributed by atoms with E-state index in [1.807, 2.05) is 79.7 Å². The molecule has 0 bridgehead atoms. The fourth-order valence-electron chi connectivity index (χ4n) is 3.33. The number of rotatable bonds is 8. The summed E-state index contributed by atoms with van der Waals surface area (Å²) in [6, 6.07) is 27.4. The quantitative estimate of drug-likeness (QED) is 0.530. The van der Waals surface area contributed by atoms with Gasteiger partial charge in [-0.2, -0.15) is 0 Å². The SMILES string of the molecule is CCCC(=O)Nc1ccccc1NC(=O)CC(c1ccccc1)c1ccccc1. The van der Waals surface area contributed by atoms with Gasteiger partial charge in [0.2, 0.25) is 11.8 Å². The molecule has 3 aromatic rings. The summed E-state index contributed by atoms with van der Waals surface area (Å²) in [4.78, 5) is 24.9. The Morgan fingerprint density at radius 3 is 1.62 bits per heavy atom. The summed E-state index contributed by atoms with van der Waals surface area (Å²) in [5, 5.41) is 5.85. The normalized spacial score (nSPS) is 10.6. The Kier molecular flexibility index (Phi) is 7.17. The molecule has 4 heteroatoms. The van der Waals surface area contributed by atoms with E-state index >= 15 is 0 Å². The zero-order chi connectivity index (χ0) is 20.5. The van der Waals surface area contributed by atoms with Crippen LogP contribution in [0.5, 0.6) is 0 Å². The smallest absolute Gasteiger partial charge is 0.225 e. The number of carbonyl (C=O) groups is 2. The molecular formula is C25H26N2O2. The zero-order valence-electron chi connectivity index (χ0n) is 16.6. The minimum Gasteiger partial charge on any atom is -0.324 e. The van der Waals surface area contributed by atoms with E-state index in [-0.39, 0.29) is 17.7 Å². The number of para-hydroxylation sites is 2. The first kappa shape index (κ1) is 20.3. The van der Waals surface area contributed by atoms with Gasteiger partial charge in [-0.3, -0.25) is 9.59 Å². The summed E-state index contributed by atoms with van der Waals surface area (Å²) in [5.74, 6) is -0.195. The second-order valence-electron chi connectivity index (χ2n) is 6.97. The summed E-state index contributed by atoms with van der Waals surface area (Å²) in [5.41, 5.74) is 3.42. The first-order valence-corrected chi connectivity index (χ1v) is 9.96. The fraction of sp³-hybridized carbons (Fsp3) is 0.200. The van der Waals surface area contributed by atoms with E-state index in [1.54, 1.807) is 12.1 Å². The zero-order valence-corrected chi connectivity index (χ0v) is 16.6. The number of hydrogen-bond donors (Lipinski definition) is 2. The molecule has 2 N–H and O–H groups in total. The van der Waals surface area contributed by atoms with Gasteiger partial charge in [0.1, 0.15) is 0 Å². The van der Waals surface area contributed by atoms with Crippen LogP contribution in [0.25, 0.3) is 0 Å². The first-order valence-electron chi connectivity index (χ1n) is 9.96. The Hall–Kier alpha value is -3.40. The highest BCUT2D eigenvalue weighted by Gasteiger charge is 2.19. The minimum absolute atomic E-state index is 0.0424. The molecule has 0 radical (unpaired) electrons. The highest BCUT2D eigenvalue weighted by molar-refractivity contribution is 5.99. The Balaban J connectivity index is 1.77. The second kappa shape index (κ2) is 10.2. The molecule has 29 heavy (non-hydrogen) atoms. The van der Waals surface area contributed by atoms with Crippen molar-refractivity contribution < 1.29 is 9.59 Å². The van der Waals surface area contributed by atoms with E-state index in [9.17, 15) is 9.59 Å². The van der Waals surface area contributed by atoms with Crippen molar-refractivity contribution in [1.29, 1.82) is 0 Å². The summed E-state index contributed by atoms with van der Waals surface area (Å²) in [6.07, 6.45) is 1.54. The summed E-state index contributed by atoms with van der Waals surface area (Å²) in [7, 11) is 0. The fourth-order valence-corrected chi connectivity index (χ4v) is 3.33. The molecule has 148 valence electrons. The largest absolute Gasteiger partial charge is 0.324 e. The number of hydrogen-bond acceptors (Lipinski definition) is 2. The Morgan fingerprint density at radius 2 is 1.14 bits per heavy atom. The molecule has 0 saturated heterocycles. The van der Waals surface area contributed by atoms with Crippen molar-refractivity contribution in [3.05, 3.63) is 96.1 Å². The lowest BCUT2D eigenvalue weighted by Crippen LogP contribution is -2.18. The lowest BCUT2D eigenvalue weighted by Gasteiger charge is -2.19. The Bertz CT molecular complexity index is 900. The average molecular weight is 386 g/mol. The van der Waals surface area contributed by atoms with Crippen molar-refractivity contribution in [2.45, 2.75) is 32.1 Å². The van der Waals surface area contributed by atoms with Crippen molar-refractivity contribution in [3.8, 4) is 0 Å². The van der Waals surface area contributed by atoms with Crippen LogP contribution in [0.15, 0.2) is 84.9 Å². The van der Waals surface area contributed by atoms with Crippen molar-refractivity contribution in [2.75, 3.05) is 10.6 Å². The first-order chi connectivity index (χ1) is 14.2. The monoisotopic (exact) mass is 386 g/mol. The van der Waals surface area contributed by atoms with Crippen LogP contribution in [0.2, 0.25) is 0 Å². The van der Waals surface area contributed by atoms with E-state index in [4.69, 9.17) is 0 Å². The summed E-state index contributed by atoms with van der Waals surface area (Å²) < 4.78 is 0. The molecule has 0 saturated carbocycles. The van der Waals surface area contributed by atoms with E-state index < -0.39 is 0 Å². The molecule has 3 rings (SSSR count). The molecule has 0 atom stereocenters. The van der Waals surface area contributed by atoms with Crippen LogP contribution in [0.1, 0.15) is 43.2 Å². The Labute approximate surface area is 172 Å². The van der Waals surface area contributed by atoms with Crippen molar-refractivity contribution in [2.24, 2.45) is 0 Å². The lowest BCUT2D eigenvalue weighted by atomic mass is 9.88. The highest BCUT2D eigenvalue weighted by Crippen LogP contribution is 2.29. The van der Waals surface area contributed by atoms with Crippen LogP contribution in [0, 0.1) is 0 Å². The van der Waals surface area contributed by atoms with Crippen molar-refractivity contribution in [1.82, 2.24) is 0 Å². The van der Waals surface area contributed by atoms with Gasteiger partial charge >= 0.3 is 0 Å². The van der Waals surface area contributed by atoms with Gasteiger partial charge in [-0.15, -0.1) is 0 Å². The van der Waals surface area contributed by atoms with E-state index in [0.717, 1.165) is 17.5 Å². The van der Waals surface area contributed by atoms with Gasteiger partial charge in [-0.1, -0.05) is 79.7 Å². The van der Waals surface area contributed by atoms with Crippen LogP contribution in [0.4, 0.5) is 11.4 Å². The third-order valence-corrected chi connectivity index (χ3v) is 4.75. The van der Waals surface area contributed by atoms with E-state index in [0.29, 0.717) is 24.2 Å². The maximum Gasteiger partial charge on any atom is 0.225 e. The Morgan fingerprint density at radius 1 is 0.690 bits per heavy atom. The molecule has 0 spiro atoms. The number of benzene rings is 3. The number of carbonyl (C=O) groups excluding carboxylic acids is 2. The number of amides is 2. The minimum atomic E-state index is -0.0973. The summed E-state index contributed by atoms with van der Waals surface area (Å²) in [6.45, 7) is 1.96. The van der Waals surface area contributed by atoms with Gasteiger partial charge in [0.25, 0.3) is 0 Å². The van der Waals surface area contributed by atoms with E-state index in [1.165, 1.54) is 0 Å². The molecule has 0 unspecified atom stereocenters. The van der Waals surface area contributed by atoms with Gasteiger partial charge in [0, 0.05) is 18.8 Å². The van der Waals surface area contributed by atoms with Gasteiger partial charge in [-0.25, -0.2) is 0 Å². The molecule has 3 aromatic carbocycles. The number of anilines is 2. The van der Waals surface area contributed by atoms with Crippen LogP contribution >= 0.6 is 0 Å². The van der Waals surface area contributed by atoms with Crippen LogP contribution in [-0.4, -0.2) is 11.8 Å². The molecule has 0 aliphatic heterocycles. The van der Waals surface area contributed by atoms with Crippen molar-refractivity contribution in [3.63, 3.8) is 0 Å². The molecule has 0 heterocycles. The van der Waals surface area contributed by atoms with E-state index in [2.05, 4.69) is 10.6 Å². The predicted molar refractivity (Wildman–Crippen MR) is 118 cm³/mol. The molecule has 0 aliphatic rings.